The molecule has 5 heteroatoms. The Labute approximate surface area is 133 Å². The van der Waals surface area contributed by atoms with Crippen LogP contribution in [0.25, 0.3) is 0 Å². The van der Waals surface area contributed by atoms with Crippen LogP contribution in [0.2, 0.25) is 0 Å². The zero-order valence-electron chi connectivity index (χ0n) is 12.4. The standard InChI is InChI=1S/C18H16FNO3/c19-16-4-2-1-3-14(16)11-23-18(22)13-7-9-15(10-8-13)20-17(21)12-5-6-12/h1-4,7-10,12H,5-6,11H2,(H,20,21). The molecule has 0 spiro atoms. The lowest BCUT2D eigenvalue weighted by atomic mass is 10.2. The summed E-state index contributed by atoms with van der Waals surface area (Å²) in [6.45, 7) is -0.119. The summed E-state index contributed by atoms with van der Waals surface area (Å²) < 4.78 is 18.6. The third-order valence-electron chi connectivity index (χ3n) is 3.65. The van der Waals surface area contributed by atoms with Crippen LogP contribution in [0.1, 0.15) is 28.8 Å². The first kappa shape index (κ1) is 15.2. The van der Waals surface area contributed by atoms with Gasteiger partial charge in [0.1, 0.15) is 12.4 Å². The fourth-order valence-electron chi connectivity index (χ4n) is 2.12. The third-order valence-corrected chi connectivity index (χ3v) is 3.65. The number of nitrogens with one attached hydrogen (secondary N) is 1. The fourth-order valence-corrected chi connectivity index (χ4v) is 2.12. The van der Waals surface area contributed by atoms with Gasteiger partial charge in [0.25, 0.3) is 0 Å². The van der Waals surface area contributed by atoms with E-state index in [4.69, 9.17) is 4.74 Å². The smallest absolute Gasteiger partial charge is 0.338 e. The van der Waals surface area contributed by atoms with Crippen molar-refractivity contribution in [1.82, 2.24) is 0 Å². The van der Waals surface area contributed by atoms with Gasteiger partial charge in [-0.1, -0.05) is 18.2 Å². The summed E-state index contributed by atoms with van der Waals surface area (Å²) in [6, 6.07) is 12.6. The van der Waals surface area contributed by atoms with Crippen LogP contribution in [0.3, 0.4) is 0 Å². The number of carbonyl (C=O) groups is 2. The van der Waals surface area contributed by atoms with E-state index in [2.05, 4.69) is 5.32 Å². The molecule has 1 fully saturated rings. The molecular formula is C18H16FNO3. The topological polar surface area (TPSA) is 55.4 Å². The quantitative estimate of drug-likeness (QED) is 0.859. The minimum atomic E-state index is -0.534. The lowest BCUT2D eigenvalue weighted by Gasteiger charge is -2.07. The molecule has 23 heavy (non-hydrogen) atoms. The number of hydrogen-bond donors (Lipinski definition) is 1. The molecule has 1 aliphatic carbocycles. The number of esters is 1. The van der Waals surface area contributed by atoms with Crippen LogP contribution in [0.4, 0.5) is 10.1 Å². The number of ether oxygens (including phenoxy) is 1. The average molecular weight is 313 g/mol. The highest BCUT2D eigenvalue weighted by atomic mass is 19.1. The molecule has 0 bridgehead atoms. The van der Waals surface area contributed by atoms with Gasteiger partial charge in [-0.2, -0.15) is 0 Å². The van der Waals surface area contributed by atoms with Gasteiger partial charge in [0.15, 0.2) is 0 Å². The Morgan fingerprint density at radius 2 is 1.78 bits per heavy atom. The fraction of sp³-hybridized carbons (Fsp3) is 0.222. The van der Waals surface area contributed by atoms with Crippen LogP contribution in [0, 0.1) is 11.7 Å². The molecule has 1 amide bonds. The monoisotopic (exact) mass is 313 g/mol. The third kappa shape index (κ3) is 3.94. The molecule has 0 unspecified atom stereocenters. The summed E-state index contributed by atoms with van der Waals surface area (Å²) >= 11 is 0. The van der Waals surface area contributed by atoms with Crippen molar-refractivity contribution < 1.29 is 18.7 Å². The molecule has 0 aliphatic heterocycles. The first-order valence-corrected chi connectivity index (χ1v) is 7.45. The molecule has 118 valence electrons. The second-order valence-electron chi connectivity index (χ2n) is 5.51. The molecule has 0 saturated heterocycles. The maximum Gasteiger partial charge on any atom is 0.338 e. The molecule has 0 radical (unpaired) electrons. The summed E-state index contributed by atoms with van der Waals surface area (Å²) in [4.78, 5) is 23.6. The maximum absolute atomic E-state index is 13.5. The van der Waals surface area contributed by atoms with Crippen molar-refractivity contribution in [3.63, 3.8) is 0 Å². The van der Waals surface area contributed by atoms with Crippen LogP contribution in [0.15, 0.2) is 48.5 Å². The van der Waals surface area contributed by atoms with Gasteiger partial charge in [0.2, 0.25) is 5.91 Å². The molecule has 0 heterocycles. The number of anilines is 1. The highest BCUT2D eigenvalue weighted by Gasteiger charge is 2.29. The molecule has 4 nitrogen and oxygen atoms in total. The molecule has 0 aromatic heterocycles. The molecule has 2 aromatic rings. The van der Waals surface area contributed by atoms with Gasteiger partial charge in [-0.05, 0) is 43.2 Å². The van der Waals surface area contributed by atoms with Gasteiger partial charge < -0.3 is 10.1 Å². The highest BCUT2D eigenvalue weighted by Crippen LogP contribution is 2.30. The first-order valence-electron chi connectivity index (χ1n) is 7.45. The zero-order chi connectivity index (χ0) is 16.2. The van der Waals surface area contributed by atoms with E-state index in [0.717, 1.165) is 12.8 Å². The van der Waals surface area contributed by atoms with Crippen LogP contribution in [-0.4, -0.2) is 11.9 Å². The SMILES string of the molecule is O=C(OCc1ccccc1F)c1ccc(NC(=O)C2CC2)cc1. The number of hydrogen-bond acceptors (Lipinski definition) is 3. The molecule has 1 aliphatic rings. The molecule has 1 N–H and O–H groups in total. The van der Waals surface area contributed by atoms with Crippen LogP contribution < -0.4 is 5.32 Å². The van der Waals surface area contributed by atoms with E-state index in [0.29, 0.717) is 16.8 Å². The van der Waals surface area contributed by atoms with Crippen molar-refractivity contribution in [2.45, 2.75) is 19.4 Å². The minimum absolute atomic E-state index is 0.0138. The molecule has 2 aromatic carbocycles. The number of amides is 1. The maximum atomic E-state index is 13.5. The summed E-state index contributed by atoms with van der Waals surface area (Å²) in [5, 5.41) is 2.79. The molecular weight excluding hydrogens is 297 g/mol. The Morgan fingerprint density at radius 3 is 2.43 bits per heavy atom. The Hall–Kier alpha value is -2.69. The highest BCUT2D eigenvalue weighted by molar-refractivity contribution is 5.95. The van der Waals surface area contributed by atoms with E-state index in [1.165, 1.54) is 6.07 Å². The van der Waals surface area contributed by atoms with Crippen molar-refractivity contribution in [1.29, 1.82) is 0 Å². The van der Waals surface area contributed by atoms with Crippen molar-refractivity contribution in [3.8, 4) is 0 Å². The van der Waals surface area contributed by atoms with Crippen molar-refractivity contribution in [3.05, 3.63) is 65.5 Å². The van der Waals surface area contributed by atoms with E-state index in [1.54, 1.807) is 42.5 Å². The van der Waals surface area contributed by atoms with Gasteiger partial charge in [-0.25, -0.2) is 9.18 Å². The molecule has 1 saturated carbocycles. The minimum Gasteiger partial charge on any atom is -0.457 e. The van der Waals surface area contributed by atoms with Gasteiger partial charge in [0.05, 0.1) is 5.56 Å². The number of halogens is 1. The molecule has 0 atom stereocenters. The van der Waals surface area contributed by atoms with E-state index >= 15 is 0 Å². The second-order valence-corrected chi connectivity index (χ2v) is 5.51. The average Bonchev–Trinajstić information content (AvgIpc) is 3.39. The number of rotatable bonds is 5. The van der Waals surface area contributed by atoms with Crippen LogP contribution in [0.5, 0.6) is 0 Å². The predicted molar refractivity (Wildman–Crippen MR) is 83.3 cm³/mol. The van der Waals surface area contributed by atoms with Gasteiger partial charge in [0, 0.05) is 17.2 Å². The van der Waals surface area contributed by atoms with Gasteiger partial charge in [-0.3, -0.25) is 4.79 Å². The Bertz CT molecular complexity index is 723. The zero-order valence-corrected chi connectivity index (χ0v) is 12.4. The van der Waals surface area contributed by atoms with Crippen molar-refractivity contribution in [2.24, 2.45) is 5.92 Å². The Balaban J connectivity index is 1.57. The first-order chi connectivity index (χ1) is 11.1. The van der Waals surface area contributed by atoms with Crippen LogP contribution >= 0.6 is 0 Å². The van der Waals surface area contributed by atoms with Crippen LogP contribution in [-0.2, 0) is 16.1 Å². The summed E-state index contributed by atoms with van der Waals surface area (Å²) in [6.07, 6.45) is 1.87. The Morgan fingerprint density at radius 1 is 1.09 bits per heavy atom. The van der Waals surface area contributed by atoms with E-state index in [-0.39, 0.29) is 18.4 Å². The van der Waals surface area contributed by atoms with Gasteiger partial charge >= 0.3 is 5.97 Å². The van der Waals surface area contributed by atoms with Crippen molar-refractivity contribution in [2.75, 3.05) is 5.32 Å². The van der Waals surface area contributed by atoms with E-state index in [9.17, 15) is 14.0 Å². The molecule has 3 rings (SSSR count). The lowest BCUT2D eigenvalue weighted by Crippen LogP contribution is -2.13. The normalized spacial score (nSPS) is 13.4. The number of carbonyl (C=O) groups excluding carboxylic acids is 2. The summed E-state index contributed by atoms with van der Waals surface area (Å²) in [7, 11) is 0. The van der Waals surface area contributed by atoms with Gasteiger partial charge in [-0.15, -0.1) is 0 Å². The predicted octanol–water partition coefficient (Wildman–Crippen LogP) is 3.53. The summed E-state index contributed by atoms with van der Waals surface area (Å²) in [5.41, 5.74) is 1.33. The van der Waals surface area contributed by atoms with E-state index < -0.39 is 11.8 Å². The largest absolute Gasteiger partial charge is 0.457 e. The second kappa shape index (κ2) is 6.60. The van der Waals surface area contributed by atoms with Crippen molar-refractivity contribution >= 4 is 17.6 Å². The summed E-state index contributed by atoms with van der Waals surface area (Å²) in [5.74, 6) is -0.799. The number of benzene rings is 2. The van der Waals surface area contributed by atoms with E-state index in [1.807, 2.05) is 0 Å². The Kier molecular flexibility index (Phi) is 4.37. The lowest BCUT2D eigenvalue weighted by molar-refractivity contribution is -0.117.